The molecule has 11 nitrogen and oxygen atoms in total. The van der Waals surface area contributed by atoms with Crippen molar-refractivity contribution in [3.05, 3.63) is 48.1 Å². The molecule has 41 heavy (non-hydrogen) atoms. The summed E-state index contributed by atoms with van der Waals surface area (Å²) in [5, 5.41) is 4.17. The number of ether oxygens (including phenoxy) is 2. The summed E-state index contributed by atoms with van der Waals surface area (Å²) in [5.41, 5.74) is -2.30. The molecule has 0 radical (unpaired) electrons. The Bertz CT molecular complexity index is 1520. The van der Waals surface area contributed by atoms with Gasteiger partial charge >= 0.3 is 6.09 Å². The zero-order chi connectivity index (χ0) is 29.7. The number of rotatable bonds is 8. The van der Waals surface area contributed by atoms with Gasteiger partial charge in [-0.1, -0.05) is 23.7 Å². The van der Waals surface area contributed by atoms with E-state index in [4.69, 9.17) is 21.1 Å². The number of carbonyl (C=O) groups excluding carboxylic acids is 3. The second-order valence-electron chi connectivity index (χ2n) is 11.8. The third-order valence-corrected chi connectivity index (χ3v) is 9.47. The first-order valence-corrected chi connectivity index (χ1v) is 15.4. The maximum absolute atomic E-state index is 13.7. The SMILES string of the molecule is C=CC1CC1(NC(=O)C1CC(Oc2nccc3ccc(Cl)cc23)CN1C(=O)OC(C)(C)C)C(=O)NS(=O)(=O)C1CC1. The van der Waals surface area contributed by atoms with Crippen molar-refractivity contribution in [1.82, 2.24) is 19.9 Å². The van der Waals surface area contributed by atoms with E-state index in [1.807, 2.05) is 12.1 Å². The van der Waals surface area contributed by atoms with Gasteiger partial charge in [0.05, 0.1) is 11.8 Å². The van der Waals surface area contributed by atoms with Crippen LogP contribution in [0.1, 0.15) is 46.5 Å². The van der Waals surface area contributed by atoms with Crippen molar-refractivity contribution >= 4 is 50.3 Å². The number of sulfonamides is 1. The monoisotopic (exact) mass is 604 g/mol. The minimum absolute atomic E-state index is 0.0196. The summed E-state index contributed by atoms with van der Waals surface area (Å²) in [7, 11) is -3.83. The minimum atomic E-state index is -3.83. The van der Waals surface area contributed by atoms with Crippen LogP contribution in [0.4, 0.5) is 4.79 Å². The van der Waals surface area contributed by atoms with Gasteiger partial charge in [0.25, 0.3) is 5.91 Å². The molecule has 1 aromatic heterocycles. The predicted octanol–water partition coefficient (Wildman–Crippen LogP) is 3.31. The van der Waals surface area contributed by atoms with Crippen LogP contribution in [0.2, 0.25) is 5.02 Å². The van der Waals surface area contributed by atoms with Gasteiger partial charge in [-0.3, -0.25) is 19.2 Å². The fraction of sp³-hybridized carbons (Fsp3) is 0.500. The van der Waals surface area contributed by atoms with Crippen LogP contribution in [-0.2, 0) is 24.3 Å². The molecule has 220 valence electrons. The van der Waals surface area contributed by atoms with Gasteiger partial charge in [0.15, 0.2) is 0 Å². The lowest BCUT2D eigenvalue weighted by atomic mass is 10.1. The fourth-order valence-electron chi connectivity index (χ4n) is 5.04. The molecular weight excluding hydrogens is 572 g/mol. The number of carbonyl (C=O) groups is 3. The van der Waals surface area contributed by atoms with E-state index in [0.29, 0.717) is 29.1 Å². The smallest absolute Gasteiger partial charge is 0.411 e. The van der Waals surface area contributed by atoms with E-state index >= 15 is 0 Å². The Morgan fingerprint density at radius 3 is 2.59 bits per heavy atom. The summed E-state index contributed by atoms with van der Waals surface area (Å²) in [6.07, 6.45) is 2.99. The van der Waals surface area contributed by atoms with Crippen LogP contribution >= 0.6 is 11.6 Å². The van der Waals surface area contributed by atoms with Crippen LogP contribution in [0.15, 0.2) is 43.1 Å². The standard InChI is InChI=1S/C28H33ClN4O7S/c1-5-17-14-28(17,25(35)32-41(37,38)20-8-9-20)31-23(34)22-13-19(15-33(22)26(36)40-27(2,3)4)39-24-21-12-18(29)7-6-16(21)10-11-30-24/h5-7,10-12,17,19-20,22H,1,8-9,13-15H2,2-4H3,(H,31,34)(H,32,35). The number of hydrogen-bond donors (Lipinski definition) is 2. The number of benzene rings is 1. The second kappa shape index (κ2) is 10.5. The van der Waals surface area contributed by atoms with Gasteiger partial charge in [0.1, 0.15) is 23.3 Å². The number of nitrogens with one attached hydrogen (secondary N) is 2. The molecule has 5 rings (SSSR count). The Morgan fingerprint density at radius 2 is 1.95 bits per heavy atom. The number of hydrogen-bond acceptors (Lipinski definition) is 8. The van der Waals surface area contributed by atoms with E-state index in [9.17, 15) is 22.8 Å². The lowest BCUT2D eigenvalue weighted by molar-refractivity contribution is -0.131. The van der Waals surface area contributed by atoms with E-state index in [2.05, 4.69) is 21.6 Å². The average molecular weight is 605 g/mol. The molecule has 1 aliphatic heterocycles. The van der Waals surface area contributed by atoms with Crippen molar-refractivity contribution in [3.63, 3.8) is 0 Å². The van der Waals surface area contributed by atoms with E-state index in [0.717, 1.165) is 5.39 Å². The molecule has 13 heteroatoms. The number of fused-ring (bicyclic) bond motifs is 1. The van der Waals surface area contributed by atoms with Crippen LogP contribution in [0.25, 0.3) is 10.8 Å². The molecule has 1 aromatic carbocycles. The summed E-state index contributed by atoms with van der Waals surface area (Å²) in [6.45, 7) is 8.88. The maximum Gasteiger partial charge on any atom is 0.411 e. The first-order chi connectivity index (χ1) is 19.2. The summed E-state index contributed by atoms with van der Waals surface area (Å²) < 4.78 is 38.8. The normalized spacial score (nSPS) is 25.9. The van der Waals surface area contributed by atoms with Gasteiger partial charge in [0.2, 0.25) is 21.8 Å². The second-order valence-corrected chi connectivity index (χ2v) is 14.2. The molecule has 4 unspecified atom stereocenters. The molecule has 2 heterocycles. The molecule has 0 spiro atoms. The molecule has 3 fully saturated rings. The van der Waals surface area contributed by atoms with Crippen molar-refractivity contribution < 1.29 is 32.3 Å². The molecule has 0 bridgehead atoms. The zero-order valence-corrected chi connectivity index (χ0v) is 24.6. The summed E-state index contributed by atoms with van der Waals surface area (Å²) in [5.74, 6) is -1.60. The fourth-order valence-corrected chi connectivity index (χ4v) is 6.57. The zero-order valence-electron chi connectivity index (χ0n) is 23.1. The highest BCUT2D eigenvalue weighted by atomic mass is 35.5. The Balaban J connectivity index is 1.38. The number of aromatic nitrogens is 1. The first kappa shape index (κ1) is 29.1. The quantitative estimate of drug-likeness (QED) is 0.437. The number of amides is 3. The molecule has 2 aromatic rings. The number of nitrogens with zero attached hydrogens (tertiary/aromatic N) is 2. The van der Waals surface area contributed by atoms with Gasteiger partial charge in [0, 0.05) is 28.9 Å². The Morgan fingerprint density at radius 1 is 1.22 bits per heavy atom. The lowest BCUT2D eigenvalue weighted by Crippen LogP contribution is -2.56. The van der Waals surface area contributed by atoms with Crippen molar-refractivity contribution in [2.24, 2.45) is 5.92 Å². The summed E-state index contributed by atoms with van der Waals surface area (Å²) >= 11 is 6.19. The van der Waals surface area contributed by atoms with E-state index in [-0.39, 0.29) is 19.4 Å². The van der Waals surface area contributed by atoms with Gasteiger partial charge < -0.3 is 14.8 Å². The Hall–Kier alpha value is -3.38. The molecule has 3 aliphatic rings. The van der Waals surface area contributed by atoms with Gasteiger partial charge in [-0.2, -0.15) is 0 Å². The molecule has 2 N–H and O–H groups in total. The maximum atomic E-state index is 13.7. The van der Waals surface area contributed by atoms with Crippen LogP contribution in [0.3, 0.4) is 0 Å². The molecular formula is C28H33ClN4O7S. The highest BCUT2D eigenvalue weighted by molar-refractivity contribution is 7.91. The summed E-state index contributed by atoms with van der Waals surface area (Å²) in [6, 6.07) is 6.08. The Labute approximate surface area is 243 Å². The van der Waals surface area contributed by atoms with Crippen molar-refractivity contribution in [2.45, 2.75) is 75.0 Å². The molecule has 3 amide bonds. The number of likely N-dealkylation sites (tertiary alicyclic amines) is 1. The molecule has 2 aliphatic carbocycles. The molecule has 2 saturated carbocycles. The number of halogens is 1. The third kappa shape index (κ3) is 6.13. The number of pyridine rings is 1. The van der Waals surface area contributed by atoms with Crippen molar-refractivity contribution in [2.75, 3.05) is 6.54 Å². The molecule has 1 saturated heterocycles. The largest absolute Gasteiger partial charge is 0.472 e. The average Bonchev–Trinajstić information content (AvgIpc) is 3.80. The van der Waals surface area contributed by atoms with E-state index in [1.165, 1.54) is 11.0 Å². The lowest BCUT2D eigenvalue weighted by Gasteiger charge is -2.29. The minimum Gasteiger partial charge on any atom is -0.472 e. The third-order valence-electron chi connectivity index (χ3n) is 7.41. The van der Waals surface area contributed by atoms with E-state index in [1.54, 1.807) is 39.1 Å². The topological polar surface area (TPSA) is 144 Å². The molecule has 4 atom stereocenters. The highest BCUT2D eigenvalue weighted by Gasteiger charge is 2.62. The summed E-state index contributed by atoms with van der Waals surface area (Å²) in [4.78, 5) is 45.7. The van der Waals surface area contributed by atoms with Crippen LogP contribution in [0, 0.1) is 5.92 Å². The first-order valence-electron chi connectivity index (χ1n) is 13.4. The van der Waals surface area contributed by atoms with Crippen molar-refractivity contribution in [3.8, 4) is 5.88 Å². The van der Waals surface area contributed by atoms with Crippen LogP contribution in [0.5, 0.6) is 5.88 Å². The van der Waals surface area contributed by atoms with Crippen molar-refractivity contribution in [1.29, 1.82) is 0 Å². The predicted molar refractivity (Wildman–Crippen MR) is 152 cm³/mol. The van der Waals surface area contributed by atoms with Gasteiger partial charge in [-0.25, -0.2) is 18.2 Å². The Kier molecular flexibility index (Phi) is 7.44. The van der Waals surface area contributed by atoms with Crippen LogP contribution in [-0.4, -0.2) is 71.3 Å². The highest BCUT2D eigenvalue weighted by Crippen LogP contribution is 2.45. The van der Waals surface area contributed by atoms with Gasteiger partial charge in [-0.05, 0) is 63.6 Å². The van der Waals surface area contributed by atoms with E-state index < -0.39 is 62.4 Å². The van der Waals surface area contributed by atoms with Gasteiger partial charge in [-0.15, -0.1) is 6.58 Å². The van der Waals surface area contributed by atoms with Crippen LogP contribution < -0.4 is 14.8 Å².